The van der Waals surface area contributed by atoms with Crippen LogP contribution in [0.1, 0.15) is 86.5 Å². The Morgan fingerprint density at radius 1 is 1.03 bits per heavy atom. The predicted molar refractivity (Wildman–Crippen MR) is 127 cm³/mol. The molecule has 2 rings (SSSR count). The summed E-state index contributed by atoms with van der Waals surface area (Å²) in [6.45, 7) is 10.7. The van der Waals surface area contributed by atoms with Gasteiger partial charge < -0.3 is 20.6 Å². The third-order valence-electron chi connectivity index (χ3n) is 6.80. The van der Waals surface area contributed by atoms with E-state index in [2.05, 4.69) is 10.6 Å². The highest BCUT2D eigenvalue weighted by Crippen LogP contribution is 2.33. The summed E-state index contributed by atoms with van der Waals surface area (Å²) in [6.07, 6.45) is 4.70. The van der Waals surface area contributed by atoms with E-state index in [0.29, 0.717) is 32.2 Å². The van der Waals surface area contributed by atoms with Crippen molar-refractivity contribution >= 4 is 27.7 Å². The molecule has 2 fully saturated rings. The summed E-state index contributed by atoms with van der Waals surface area (Å²) in [5.74, 6) is -1.63. The van der Waals surface area contributed by atoms with Crippen molar-refractivity contribution in [3.63, 3.8) is 0 Å². The first-order chi connectivity index (χ1) is 15.0. The van der Waals surface area contributed by atoms with Crippen molar-refractivity contribution in [1.29, 1.82) is 0 Å². The number of urea groups is 1. The van der Waals surface area contributed by atoms with E-state index < -0.39 is 55.5 Å². The van der Waals surface area contributed by atoms with Gasteiger partial charge in [0.1, 0.15) is 12.1 Å². The maximum atomic E-state index is 13.3. The molecular formula is C23H41N3O6S. The minimum absolute atomic E-state index is 0.154. The number of rotatable bonds is 6. The normalized spacial score (nSPS) is 22.5. The lowest BCUT2D eigenvalue weighted by Gasteiger charge is -2.41. The van der Waals surface area contributed by atoms with Gasteiger partial charge in [0.15, 0.2) is 9.84 Å². The van der Waals surface area contributed by atoms with Crippen LogP contribution in [0.4, 0.5) is 4.79 Å². The number of carboxylic acid groups (broad SMARTS) is 1. The molecule has 0 radical (unpaired) electrons. The Kier molecular flexibility index (Phi) is 8.14. The summed E-state index contributed by atoms with van der Waals surface area (Å²) in [6, 6.07) is -2.44. The summed E-state index contributed by atoms with van der Waals surface area (Å²) >= 11 is 0. The highest BCUT2D eigenvalue weighted by Gasteiger charge is 2.45. The molecule has 2 aliphatic rings. The van der Waals surface area contributed by atoms with Gasteiger partial charge in [-0.15, -0.1) is 0 Å². The molecule has 2 unspecified atom stereocenters. The Labute approximate surface area is 198 Å². The Morgan fingerprint density at radius 3 is 2.09 bits per heavy atom. The van der Waals surface area contributed by atoms with Crippen molar-refractivity contribution in [2.75, 3.05) is 12.3 Å². The second-order valence-corrected chi connectivity index (χ2v) is 14.4. The summed E-state index contributed by atoms with van der Waals surface area (Å²) < 4.78 is 25.0. The van der Waals surface area contributed by atoms with Gasteiger partial charge in [-0.05, 0) is 51.9 Å². The topological polar surface area (TPSA) is 133 Å². The molecule has 1 aliphatic carbocycles. The minimum atomic E-state index is -3.49. The lowest BCUT2D eigenvalue weighted by atomic mass is 9.83. The lowest BCUT2D eigenvalue weighted by molar-refractivity contribution is -0.150. The summed E-state index contributed by atoms with van der Waals surface area (Å²) in [7, 11) is -3.49. The van der Waals surface area contributed by atoms with Crippen molar-refractivity contribution in [2.45, 2.75) is 109 Å². The molecule has 9 nitrogen and oxygen atoms in total. The predicted octanol–water partition coefficient (Wildman–Crippen LogP) is 2.69. The number of likely N-dealkylation sites (tertiary alicyclic amines) is 1. The number of carbonyl (C=O) groups is 3. The van der Waals surface area contributed by atoms with Crippen LogP contribution in [0.15, 0.2) is 0 Å². The van der Waals surface area contributed by atoms with Crippen LogP contribution in [0, 0.1) is 5.41 Å². The Balaban J connectivity index is 2.24. The third kappa shape index (κ3) is 6.61. The lowest BCUT2D eigenvalue weighted by Crippen LogP contribution is -2.63. The molecule has 1 aliphatic heterocycles. The minimum Gasteiger partial charge on any atom is -0.480 e. The quantitative estimate of drug-likeness (QED) is 0.528. The fourth-order valence-corrected chi connectivity index (χ4v) is 6.15. The van der Waals surface area contributed by atoms with Crippen LogP contribution in [0.3, 0.4) is 0 Å². The maximum Gasteiger partial charge on any atom is 0.326 e. The standard InChI is InChI=1S/C23H41N3O6S/c1-21(2,3)17(18(27)26-14-10-11-16(26)19(28)29)24-20(30)25-23(12-8-7-9-13-23)15-33(31,32)22(4,5)6/h16-17H,7-15H2,1-6H3,(H,28,29)(H2,24,25,30). The van der Waals surface area contributed by atoms with Gasteiger partial charge in [0.05, 0.1) is 16.0 Å². The molecule has 33 heavy (non-hydrogen) atoms. The number of sulfone groups is 1. The van der Waals surface area contributed by atoms with Gasteiger partial charge >= 0.3 is 12.0 Å². The first-order valence-corrected chi connectivity index (χ1v) is 13.5. The van der Waals surface area contributed by atoms with Gasteiger partial charge in [0.2, 0.25) is 5.91 Å². The molecule has 0 spiro atoms. The van der Waals surface area contributed by atoms with Gasteiger partial charge in [0, 0.05) is 6.54 Å². The Hall–Kier alpha value is -1.84. The van der Waals surface area contributed by atoms with E-state index in [1.165, 1.54) is 4.90 Å². The molecule has 10 heteroatoms. The van der Waals surface area contributed by atoms with Gasteiger partial charge in [-0.3, -0.25) is 4.79 Å². The van der Waals surface area contributed by atoms with Gasteiger partial charge in [-0.1, -0.05) is 40.0 Å². The monoisotopic (exact) mass is 487 g/mol. The fourth-order valence-electron chi connectivity index (χ4n) is 4.62. The van der Waals surface area contributed by atoms with E-state index in [9.17, 15) is 27.9 Å². The number of amides is 3. The smallest absolute Gasteiger partial charge is 0.326 e. The molecule has 3 N–H and O–H groups in total. The summed E-state index contributed by atoms with van der Waals surface area (Å²) in [5.41, 5.74) is -1.56. The van der Waals surface area contributed by atoms with Gasteiger partial charge in [-0.25, -0.2) is 18.0 Å². The largest absolute Gasteiger partial charge is 0.480 e. The highest BCUT2D eigenvalue weighted by molar-refractivity contribution is 7.92. The van der Waals surface area contributed by atoms with Crippen LogP contribution < -0.4 is 10.6 Å². The first kappa shape index (κ1) is 27.4. The number of aliphatic carboxylic acids is 1. The molecule has 2 atom stereocenters. The van der Waals surface area contributed by atoms with E-state index in [1.807, 2.05) is 20.8 Å². The second kappa shape index (κ2) is 9.80. The number of carbonyl (C=O) groups excluding carboxylic acids is 2. The van der Waals surface area contributed by atoms with Crippen LogP contribution in [-0.2, 0) is 19.4 Å². The van der Waals surface area contributed by atoms with Crippen molar-refractivity contribution in [1.82, 2.24) is 15.5 Å². The highest BCUT2D eigenvalue weighted by atomic mass is 32.2. The van der Waals surface area contributed by atoms with Crippen LogP contribution in [0.25, 0.3) is 0 Å². The molecule has 0 aromatic rings. The van der Waals surface area contributed by atoms with Crippen molar-refractivity contribution < 1.29 is 27.9 Å². The molecule has 1 heterocycles. The van der Waals surface area contributed by atoms with E-state index in [-0.39, 0.29) is 5.75 Å². The molecular weight excluding hydrogens is 446 g/mol. The molecule has 1 saturated carbocycles. The zero-order valence-electron chi connectivity index (χ0n) is 20.9. The maximum absolute atomic E-state index is 13.3. The number of nitrogens with one attached hydrogen (secondary N) is 2. The van der Waals surface area contributed by atoms with Crippen molar-refractivity contribution in [2.24, 2.45) is 5.41 Å². The van der Waals surface area contributed by atoms with Crippen molar-refractivity contribution in [3.05, 3.63) is 0 Å². The average molecular weight is 488 g/mol. The van der Waals surface area contributed by atoms with Crippen LogP contribution in [0.5, 0.6) is 0 Å². The van der Waals surface area contributed by atoms with Crippen LogP contribution in [-0.4, -0.2) is 71.0 Å². The molecule has 0 bridgehead atoms. The van der Waals surface area contributed by atoms with E-state index in [0.717, 1.165) is 19.3 Å². The molecule has 190 valence electrons. The Morgan fingerprint density at radius 2 is 1.61 bits per heavy atom. The van der Waals surface area contributed by atoms with E-state index in [4.69, 9.17) is 0 Å². The molecule has 3 amide bonds. The summed E-state index contributed by atoms with van der Waals surface area (Å²) in [5, 5.41) is 15.2. The molecule has 0 aromatic heterocycles. The van der Waals surface area contributed by atoms with E-state index >= 15 is 0 Å². The summed E-state index contributed by atoms with van der Waals surface area (Å²) in [4.78, 5) is 39.4. The number of hydrogen-bond donors (Lipinski definition) is 3. The SMILES string of the molecule is CC(C)(C)C(NC(=O)NC1(CS(=O)(=O)C(C)(C)C)CCCCC1)C(=O)N1CCCC1C(=O)O. The Bertz CT molecular complexity index is 850. The fraction of sp³-hybridized carbons (Fsp3) is 0.870. The molecule has 1 saturated heterocycles. The zero-order valence-corrected chi connectivity index (χ0v) is 21.7. The number of hydrogen-bond acceptors (Lipinski definition) is 5. The third-order valence-corrected chi connectivity index (χ3v) is 9.60. The first-order valence-electron chi connectivity index (χ1n) is 11.8. The van der Waals surface area contributed by atoms with Gasteiger partial charge in [-0.2, -0.15) is 0 Å². The van der Waals surface area contributed by atoms with Gasteiger partial charge in [0.25, 0.3) is 0 Å². The van der Waals surface area contributed by atoms with E-state index in [1.54, 1.807) is 20.8 Å². The van der Waals surface area contributed by atoms with Crippen molar-refractivity contribution in [3.8, 4) is 0 Å². The average Bonchev–Trinajstić information content (AvgIpc) is 3.14. The second-order valence-electron chi connectivity index (χ2n) is 11.6. The van der Waals surface area contributed by atoms with Crippen LogP contribution in [0.2, 0.25) is 0 Å². The van der Waals surface area contributed by atoms with Crippen LogP contribution >= 0.6 is 0 Å². The molecule has 0 aromatic carbocycles. The number of carboxylic acids is 1. The zero-order chi connectivity index (χ0) is 25.2. The number of nitrogens with zero attached hydrogens (tertiary/aromatic N) is 1.